The van der Waals surface area contributed by atoms with Crippen molar-refractivity contribution in [2.45, 2.75) is 0 Å². The standard InChI is InChI=1S/C18H19N3O3S/c1-21(2)9-8-19-12-10-13(22)15-17(16(12)23)25-18(20-15)11-6-4-5-7-14(11)24-3/h4-7,10,19H,8-9H2,1-3H3. The number of aromatic nitrogens is 1. The number of ketones is 2. The average molecular weight is 357 g/mol. The van der Waals surface area contributed by atoms with Gasteiger partial charge in [0.2, 0.25) is 11.6 Å². The summed E-state index contributed by atoms with van der Waals surface area (Å²) >= 11 is 1.22. The monoisotopic (exact) mass is 357 g/mol. The first-order chi connectivity index (χ1) is 12.0. The third-order valence-corrected chi connectivity index (χ3v) is 4.89. The molecule has 1 heterocycles. The van der Waals surface area contributed by atoms with E-state index in [-0.39, 0.29) is 17.3 Å². The second-order valence-corrected chi connectivity index (χ2v) is 6.88. The number of likely N-dealkylation sites (N-methyl/N-ethyl adjacent to an activating group) is 1. The van der Waals surface area contributed by atoms with Crippen LogP contribution in [0.1, 0.15) is 20.2 Å². The van der Waals surface area contributed by atoms with Gasteiger partial charge in [-0.25, -0.2) is 4.98 Å². The minimum atomic E-state index is -0.251. The number of carbonyl (C=O) groups is 2. The molecule has 6 nitrogen and oxygen atoms in total. The predicted octanol–water partition coefficient (Wildman–Crippen LogP) is 2.23. The van der Waals surface area contributed by atoms with E-state index >= 15 is 0 Å². The Morgan fingerprint density at radius 1 is 1.24 bits per heavy atom. The molecule has 1 aromatic heterocycles. The molecule has 7 heteroatoms. The molecule has 2 aromatic rings. The van der Waals surface area contributed by atoms with Crippen LogP contribution in [0.3, 0.4) is 0 Å². The van der Waals surface area contributed by atoms with Crippen LogP contribution in [0.2, 0.25) is 0 Å². The molecule has 0 unspecified atom stereocenters. The molecule has 0 spiro atoms. The minimum Gasteiger partial charge on any atom is -0.496 e. The molecule has 0 radical (unpaired) electrons. The van der Waals surface area contributed by atoms with Gasteiger partial charge in [-0.05, 0) is 26.2 Å². The van der Waals surface area contributed by atoms with E-state index in [4.69, 9.17) is 4.74 Å². The first kappa shape index (κ1) is 17.3. The van der Waals surface area contributed by atoms with Crippen molar-refractivity contribution < 1.29 is 14.3 Å². The molecule has 0 saturated carbocycles. The quantitative estimate of drug-likeness (QED) is 0.855. The summed E-state index contributed by atoms with van der Waals surface area (Å²) < 4.78 is 5.35. The number of Topliss-reactive ketones (excluding diaryl/α,β-unsaturated/α-hetero) is 1. The van der Waals surface area contributed by atoms with Gasteiger partial charge in [-0.1, -0.05) is 12.1 Å². The zero-order chi connectivity index (χ0) is 18.0. The summed E-state index contributed by atoms with van der Waals surface area (Å²) in [7, 11) is 5.48. The van der Waals surface area contributed by atoms with E-state index in [0.717, 1.165) is 12.1 Å². The Kier molecular flexibility index (Phi) is 4.96. The highest BCUT2D eigenvalue weighted by molar-refractivity contribution is 7.17. The highest BCUT2D eigenvalue weighted by Gasteiger charge is 2.30. The lowest BCUT2D eigenvalue weighted by Crippen LogP contribution is -2.31. The number of allylic oxidation sites excluding steroid dienone is 2. The van der Waals surface area contributed by atoms with Gasteiger partial charge in [0.25, 0.3) is 0 Å². The zero-order valence-corrected chi connectivity index (χ0v) is 15.1. The van der Waals surface area contributed by atoms with Crippen LogP contribution in [0.4, 0.5) is 0 Å². The Bertz CT molecular complexity index is 855. The SMILES string of the molecule is COc1ccccc1-c1nc2c(s1)C(=O)C(NCCN(C)C)=CC2=O. The molecule has 1 N–H and O–H groups in total. The number of benzene rings is 1. The Balaban J connectivity index is 1.90. The lowest BCUT2D eigenvalue weighted by Gasteiger charge is -2.15. The molecule has 1 aliphatic carbocycles. The van der Waals surface area contributed by atoms with Crippen LogP contribution >= 0.6 is 11.3 Å². The molecule has 0 aliphatic heterocycles. The maximum Gasteiger partial charge on any atom is 0.221 e. The van der Waals surface area contributed by atoms with E-state index < -0.39 is 0 Å². The number of fused-ring (bicyclic) bond motifs is 1. The van der Waals surface area contributed by atoms with Gasteiger partial charge < -0.3 is 15.0 Å². The minimum absolute atomic E-state index is 0.188. The Hall–Kier alpha value is -2.51. The van der Waals surface area contributed by atoms with Gasteiger partial charge in [0.05, 0.1) is 18.4 Å². The summed E-state index contributed by atoms with van der Waals surface area (Å²) in [4.78, 5) is 31.8. The summed E-state index contributed by atoms with van der Waals surface area (Å²) in [5.41, 5.74) is 1.32. The third kappa shape index (κ3) is 3.47. The molecular formula is C18H19N3O3S. The first-order valence-corrected chi connectivity index (χ1v) is 8.66. The largest absolute Gasteiger partial charge is 0.496 e. The third-order valence-electron chi connectivity index (χ3n) is 3.80. The number of methoxy groups -OCH3 is 1. The maximum atomic E-state index is 12.7. The van der Waals surface area contributed by atoms with Crippen LogP contribution in [0, 0.1) is 0 Å². The second-order valence-electron chi connectivity index (χ2n) is 5.88. The van der Waals surface area contributed by atoms with Crippen LogP contribution in [-0.4, -0.2) is 55.7 Å². The van der Waals surface area contributed by atoms with Gasteiger partial charge in [-0.15, -0.1) is 11.3 Å². The van der Waals surface area contributed by atoms with Crippen LogP contribution in [0.5, 0.6) is 5.75 Å². The van der Waals surface area contributed by atoms with E-state index in [1.807, 2.05) is 43.3 Å². The average Bonchev–Trinajstić information content (AvgIpc) is 3.05. The van der Waals surface area contributed by atoms with E-state index in [0.29, 0.717) is 27.9 Å². The molecule has 0 fully saturated rings. The predicted molar refractivity (Wildman–Crippen MR) is 97.4 cm³/mol. The van der Waals surface area contributed by atoms with Crippen LogP contribution < -0.4 is 10.1 Å². The molecule has 130 valence electrons. The van der Waals surface area contributed by atoms with Crippen molar-refractivity contribution in [2.24, 2.45) is 0 Å². The number of thiazole rings is 1. The number of carbonyl (C=O) groups excluding carboxylic acids is 2. The van der Waals surface area contributed by atoms with E-state index in [1.165, 1.54) is 17.4 Å². The number of para-hydroxylation sites is 1. The molecule has 0 atom stereocenters. The van der Waals surface area contributed by atoms with Crippen molar-refractivity contribution in [3.63, 3.8) is 0 Å². The molecular weight excluding hydrogens is 338 g/mol. The Morgan fingerprint density at radius 3 is 2.72 bits per heavy atom. The molecule has 1 aliphatic rings. The Morgan fingerprint density at radius 2 is 2.00 bits per heavy atom. The lowest BCUT2D eigenvalue weighted by molar-refractivity contribution is 0.0978. The lowest BCUT2D eigenvalue weighted by atomic mass is 10.0. The van der Waals surface area contributed by atoms with Crippen molar-refractivity contribution in [3.8, 4) is 16.3 Å². The second kappa shape index (κ2) is 7.16. The number of nitrogens with one attached hydrogen (secondary N) is 1. The number of hydrogen-bond donors (Lipinski definition) is 1. The fourth-order valence-corrected chi connectivity index (χ4v) is 3.56. The molecule has 25 heavy (non-hydrogen) atoms. The van der Waals surface area contributed by atoms with Crippen molar-refractivity contribution in [3.05, 3.63) is 46.6 Å². The van der Waals surface area contributed by atoms with Crippen molar-refractivity contribution >= 4 is 22.9 Å². The summed E-state index contributed by atoms with van der Waals surface area (Å²) in [5, 5.41) is 3.65. The van der Waals surface area contributed by atoms with Crippen molar-refractivity contribution in [1.82, 2.24) is 15.2 Å². The smallest absolute Gasteiger partial charge is 0.221 e. The van der Waals surface area contributed by atoms with Gasteiger partial charge in [-0.3, -0.25) is 9.59 Å². The topological polar surface area (TPSA) is 71.5 Å². The number of hydrogen-bond acceptors (Lipinski definition) is 7. The zero-order valence-electron chi connectivity index (χ0n) is 14.3. The molecule has 3 rings (SSSR count). The highest BCUT2D eigenvalue weighted by atomic mass is 32.1. The van der Waals surface area contributed by atoms with E-state index in [1.54, 1.807) is 7.11 Å². The van der Waals surface area contributed by atoms with Crippen molar-refractivity contribution in [2.75, 3.05) is 34.3 Å². The molecule has 0 saturated heterocycles. The van der Waals surface area contributed by atoms with Gasteiger partial charge in [-0.2, -0.15) is 0 Å². The molecule has 1 aromatic carbocycles. The maximum absolute atomic E-state index is 12.7. The van der Waals surface area contributed by atoms with Crippen LogP contribution in [0.15, 0.2) is 36.0 Å². The van der Waals surface area contributed by atoms with Crippen molar-refractivity contribution in [1.29, 1.82) is 0 Å². The molecule has 0 amide bonds. The number of ether oxygens (including phenoxy) is 1. The van der Waals surface area contributed by atoms with E-state index in [9.17, 15) is 9.59 Å². The normalized spacial score (nSPS) is 13.7. The van der Waals surface area contributed by atoms with E-state index in [2.05, 4.69) is 10.3 Å². The summed E-state index contributed by atoms with van der Waals surface area (Å²) in [6, 6.07) is 7.42. The fourth-order valence-electron chi connectivity index (χ4n) is 2.51. The highest BCUT2D eigenvalue weighted by Crippen LogP contribution is 2.36. The van der Waals surface area contributed by atoms with Gasteiger partial charge in [0.1, 0.15) is 21.3 Å². The summed E-state index contributed by atoms with van der Waals surface area (Å²) in [6.07, 6.45) is 1.34. The van der Waals surface area contributed by atoms with Crippen LogP contribution in [-0.2, 0) is 0 Å². The number of rotatable bonds is 6. The summed E-state index contributed by atoms with van der Waals surface area (Å²) in [6.45, 7) is 1.35. The Labute approximate surface area is 150 Å². The van der Waals surface area contributed by atoms with Gasteiger partial charge in [0.15, 0.2) is 0 Å². The van der Waals surface area contributed by atoms with Gasteiger partial charge in [0, 0.05) is 19.2 Å². The van der Waals surface area contributed by atoms with Gasteiger partial charge >= 0.3 is 0 Å². The first-order valence-electron chi connectivity index (χ1n) is 7.84. The van der Waals surface area contributed by atoms with Crippen LogP contribution in [0.25, 0.3) is 10.6 Å². The molecule has 0 bridgehead atoms. The summed E-state index contributed by atoms with van der Waals surface area (Å²) in [5.74, 6) is 0.220. The number of nitrogens with zero attached hydrogens (tertiary/aromatic N) is 2. The fraction of sp³-hybridized carbons (Fsp3) is 0.278.